The number of amides is 2. The molecule has 4 nitrogen and oxygen atoms in total. The zero-order chi connectivity index (χ0) is 14.8. The zero-order valence-corrected chi connectivity index (χ0v) is 11.8. The van der Waals surface area contributed by atoms with Crippen molar-refractivity contribution in [3.63, 3.8) is 0 Å². The Hall–Kier alpha value is -2.62. The molecule has 0 saturated carbocycles. The maximum absolute atomic E-state index is 12.2. The number of rotatable bonds is 3. The second kappa shape index (κ2) is 5.40. The molecule has 106 valence electrons. The Morgan fingerprint density at radius 2 is 1.86 bits per heavy atom. The molecule has 1 aliphatic rings. The molecule has 0 saturated heterocycles. The standard InChI is InChI=1S/C17H16N2O2/c1-12-6-8-14(9-7-12)18-16(20)11-19-10-13-4-2-3-5-15(13)17(19)21/h2-9H,10-11H2,1H3,(H,18,20). The second-order valence-electron chi connectivity index (χ2n) is 5.23. The van der Waals surface area contributed by atoms with Crippen molar-refractivity contribution in [3.8, 4) is 0 Å². The molecule has 0 spiro atoms. The van der Waals surface area contributed by atoms with Crippen LogP contribution in [0.3, 0.4) is 0 Å². The largest absolute Gasteiger partial charge is 0.325 e. The highest BCUT2D eigenvalue weighted by Crippen LogP contribution is 2.22. The second-order valence-corrected chi connectivity index (χ2v) is 5.23. The first-order valence-corrected chi connectivity index (χ1v) is 6.87. The minimum absolute atomic E-state index is 0.0708. The summed E-state index contributed by atoms with van der Waals surface area (Å²) in [6, 6.07) is 15.1. The summed E-state index contributed by atoms with van der Waals surface area (Å²) in [5, 5.41) is 2.81. The molecular weight excluding hydrogens is 264 g/mol. The van der Waals surface area contributed by atoms with Crippen LogP contribution in [0.5, 0.6) is 0 Å². The number of hydrogen-bond acceptors (Lipinski definition) is 2. The first-order chi connectivity index (χ1) is 10.1. The molecule has 1 heterocycles. The van der Waals surface area contributed by atoms with E-state index < -0.39 is 0 Å². The van der Waals surface area contributed by atoms with E-state index in [1.807, 2.05) is 49.4 Å². The topological polar surface area (TPSA) is 49.4 Å². The first-order valence-electron chi connectivity index (χ1n) is 6.87. The molecule has 0 atom stereocenters. The van der Waals surface area contributed by atoms with Crippen LogP contribution in [0, 0.1) is 6.92 Å². The van der Waals surface area contributed by atoms with Crippen LogP contribution in [0.15, 0.2) is 48.5 Å². The lowest BCUT2D eigenvalue weighted by molar-refractivity contribution is -0.116. The molecule has 1 N–H and O–H groups in total. The van der Waals surface area contributed by atoms with E-state index in [0.29, 0.717) is 12.1 Å². The van der Waals surface area contributed by atoms with Gasteiger partial charge in [0.1, 0.15) is 6.54 Å². The summed E-state index contributed by atoms with van der Waals surface area (Å²) in [6.45, 7) is 2.56. The van der Waals surface area contributed by atoms with Gasteiger partial charge in [-0.25, -0.2) is 0 Å². The summed E-state index contributed by atoms with van der Waals surface area (Å²) in [5.74, 6) is -0.260. The number of nitrogens with zero attached hydrogens (tertiary/aromatic N) is 1. The Balaban J connectivity index is 1.64. The lowest BCUT2D eigenvalue weighted by Crippen LogP contribution is -2.33. The molecule has 2 amide bonds. The van der Waals surface area contributed by atoms with E-state index in [0.717, 1.165) is 16.8 Å². The zero-order valence-electron chi connectivity index (χ0n) is 11.8. The summed E-state index contributed by atoms with van der Waals surface area (Å²) in [6.07, 6.45) is 0. The number of fused-ring (bicyclic) bond motifs is 1. The van der Waals surface area contributed by atoms with E-state index in [1.54, 1.807) is 11.0 Å². The quantitative estimate of drug-likeness (QED) is 0.939. The first kappa shape index (κ1) is 13.4. The third kappa shape index (κ3) is 2.79. The van der Waals surface area contributed by atoms with Crippen LogP contribution < -0.4 is 5.32 Å². The van der Waals surface area contributed by atoms with Gasteiger partial charge in [-0.3, -0.25) is 9.59 Å². The van der Waals surface area contributed by atoms with Crippen LogP contribution in [0.25, 0.3) is 0 Å². The molecule has 3 rings (SSSR count). The molecule has 4 heteroatoms. The number of nitrogens with one attached hydrogen (secondary N) is 1. The van der Waals surface area contributed by atoms with Crippen molar-refractivity contribution in [2.24, 2.45) is 0 Å². The summed E-state index contributed by atoms with van der Waals surface area (Å²) < 4.78 is 0. The van der Waals surface area contributed by atoms with Crippen molar-refractivity contribution >= 4 is 17.5 Å². The molecule has 0 aromatic heterocycles. The number of carbonyl (C=O) groups is 2. The number of benzene rings is 2. The van der Waals surface area contributed by atoms with E-state index in [4.69, 9.17) is 0 Å². The van der Waals surface area contributed by atoms with Gasteiger partial charge in [-0.05, 0) is 30.7 Å². The van der Waals surface area contributed by atoms with Gasteiger partial charge in [0, 0.05) is 17.8 Å². The van der Waals surface area contributed by atoms with E-state index in [1.165, 1.54) is 0 Å². The van der Waals surface area contributed by atoms with Crippen molar-refractivity contribution in [2.75, 3.05) is 11.9 Å². The molecule has 0 radical (unpaired) electrons. The lowest BCUT2D eigenvalue weighted by atomic mass is 10.1. The Bertz CT molecular complexity index is 692. The van der Waals surface area contributed by atoms with Gasteiger partial charge >= 0.3 is 0 Å². The van der Waals surface area contributed by atoms with Crippen LogP contribution in [0.1, 0.15) is 21.5 Å². The minimum atomic E-state index is -0.181. The predicted molar refractivity (Wildman–Crippen MR) is 81.0 cm³/mol. The fraction of sp³-hybridized carbons (Fsp3) is 0.176. The third-order valence-electron chi connectivity index (χ3n) is 3.57. The molecule has 2 aromatic rings. The normalized spacial score (nSPS) is 13.2. The van der Waals surface area contributed by atoms with Gasteiger partial charge < -0.3 is 10.2 Å². The maximum Gasteiger partial charge on any atom is 0.254 e. The van der Waals surface area contributed by atoms with Crippen molar-refractivity contribution in [1.82, 2.24) is 4.90 Å². The fourth-order valence-electron chi connectivity index (χ4n) is 2.45. The molecule has 0 aliphatic carbocycles. The molecule has 0 fully saturated rings. The van der Waals surface area contributed by atoms with Gasteiger partial charge in [-0.15, -0.1) is 0 Å². The Morgan fingerprint density at radius 1 is 1.14 bits per heavy atom. The number of anilines is 1. The third-order valence-corrected chi connectivity index (χ3v) is 3.57. The van der Waals surface area contributed by atoms with Crippen molar-refractivity contribution in [3.05, 3.63) is 65.2 Å². The predicted octanol–water partition coefficient (Wildman–Crippen LogP) is 2.59. The summed E-state index contributed by atoms with van der Waals surface area (Å²) in [4.78, 5) is 25.8. The van der Waals surface area contributed by atoms with E-state index in [9.17, 15) is 9.59 Å². The smallest absolute Gasteiger partial charge is 0.254 e. The van der Waals surface area contributed by atoms with Crippen LogP contribution in [-0.4, -0.2) is 23.3 Å². The van der Waals surface area contributed by atoms with Gasteiger partial charge in [0.05, 0.1) is 0 Å². The molecule has 1 aliphatic heterocycles. The highest BCUT2D eigenvalue weighted by atomic mass is 16.2. The van der Waals surface area contributed by atoms with Crippen molar-refractivity contribution in [2.45, 2.75) is 13.5 Å². The van der Waals surface area contributed by atoms with Crippen molar-refractivity contribution < 1.29 is 9.59 Å². The highest BCUT2D eigenvalue weighted by molar-refractivity contribution is 6.02. The van der Waals surface area contributed by atoms with E-state index >= 15 is 0 Å². The Labute approximate surface area is 123 Å². The summed E-state index contributed by atoms with van der Waals surface area (Å²) in [7, 11) is 0. The average molecular weight is 280 g/mol. The molecule has 2 aromatic carbocycles. The molecule has 0 bridgehead atoms. The van der Waals surface area contributed by atoms with Crippen LogP contribution >= 0.6 is 0 Å². The number of carbonyl (C=O) groups excluding carboxylic acids is 2. The van der Waals surface area contributed by atoms with Gasteiger partial charge in [-0.2, -0.15) is 0 Å². The summed E-state index contributed by atoms with van der Waals surface area (Å²) in [5.41, 5.74) is 3.55. The van der Waals surface area contributed by atoms with Crippen LogP contribution in [0.4, 0.5) is 5.69 Å². The van der Waals surface area contributed by atoms with Crippen molar-refractivity contribution in [1.29, 1.82) is 0 Å². The van der Waals surface area contributed by atoms with Crippen LogP contribution in [-0.2, 0) is 11.3 Å². The summed E-state index contributed by atoms with van der Waals surface area (Å²) >= 11 is 0. The van der Waals surface area contributed by atoms with Gasteiger partial charge in [0.25, 0.3) is 5.91 Å². The lowest BCUT2D eigenvalue weighted by Gasteiger charge is -2.15. The Kier molecular flexibility index (Phi) is 3.44. The number of hydrogen-bond donors (Lipinski definition) is 1. The average Bonchev–Trinajstić information content (AvgIpc) is 2.78. The van der Waals surface area contributed by atoms with E-state index in [-0.39, 0.29) is 18.4 Å². The van der Waals surface area contributed by atoms with Crippen LogP contribution in [0.2, 0.25) is 0 Å². The van der Waals surface area contributed by atoms with Gasteiger partial charge in [-0.1, -0.05) is 35.9 Å². The minimum Gasteiger partial charge on any atom is -0.325 e. The monoisotopic (exact) mass is 280 g/mol. The molecular formula is C17H16N2O2. The van der Waals surface area contributed by atoms with Gasteiger partial charge in [0.15, 0.2) is 0 Å². The molecule has 21 heavy (non-hydrogen) atoms. The molecule has 0 unspecified atom stereocenters. The SMILES string of the molecule is Cc1ccc(NC(=O)CN2Cc3ccccc3C2=O)cc1. The Morgan fingerprint density at radius 3 is 2.57 bits per heavy atom. The van der Waals surface area contributed by atoms with Gasteiger partial charge in [0.2, 0.25) is 5.91 Å². The highest BCUT2D eigenvalue weighted by Gasteiger charge is 2.28. The maximum atomic E-state index is 12.2. The number of aryl methyl sites for hydroxylation is 1. The fourth-order valence-corrected chi connectivity index (χ4v) is 2.45. The van der Waals surface area contributed by atoms with E-state index in [2.05, 4.69) is 5.32 Å².